The Balaban J connectivity index is 1.74. The van der Waals surface area contributed by atoms with Gasteiger partial charge in [0.2, 0.25) is 5.78 Å². The maximum absolute atomic E-state index is 13.1. The molecule has 0 unspecified atom stereocenters. The highest BCUT2D eigenvalue weighted by Gasteiger charge is 2.27. The molecule has 0 aliphatic rings. The number of rotatable bonds is 4. The molecule has 4 aromatic rings. The first-order chi connectivity index (χ1) is 13.6. The number of hydrogen-bond donors (Lipinski definition) is 0. The first-order valence-electron chi connectivity index (χ1n) is 8.22. The number of Topliss-reactive ketones (excluding diaryl/α,β-unsaturated/α-hetero) is 1. The number of halogens is 1. The van der Waals surface area contributed by atoms with E-state index in [4.69, 9.17) is 0 Å². The van der Waals surface area contributed by atoms with E-state index in [9.17, 15) is 19.2 Å². The van der Waals surface area contributed by atoms with Crippen LogP contribution in [-0.2, 0) is 0 Å². The molecule has 28 heavy (non-hydrogen) atoms. The van der Waals surface area contributed by atoms with E-state index in [2.05, 4.69) is 10.1 Å². The lowest BCUT2D eigenvalue weighted by Gasteiger charge is -2.08. The molecule has 0 aliphatic carbocycles. The van der Waals surface area contributed by atoms with Crippen molar-refractivity contribution in [2.45, 2.75) is 5.92 Å². The molecular formula is C20H11FN4O2S. The molecule has 0 N–H and O–H groups in total. The molecule has 2 aromatic carbocycles. The van der Waals surface area contributed by atoms with Gasteiger partial charge in [-0.15, -0.1) is 11.3 Å². The molecule has 0 fully saturated rings. The zero-order valence-electron chi connectivity index (χ0n) is 14.2. The number of aromatic nitrogens is 3. The number of benzene rings is 2. The van der Waals surface area contributed by atoms with Crippen molar-refractivity contribution < 1.29 is 9.18 Å². The summed E-state index contributed by atoms with van der Waals surface area (Å²) in [7, 11) is 0. The van der Waals surface area contributed by atoms with Crippen molar-refractivity contribution in [1.29, 1.82) is 5.26 Å². The Morgan fingerprint density at radius 2 is 1.86 bits per heavy atom. The fourth-order valence-electron chi connectivity index (χ4n) is 2.70. The van der Waals surface area contributed by atoms with Gasteiger partial charge in [-0.25, -0.2) is 9.37 Å². The quantitative estimate of drug-likeness (QED) is 0.498. The van der Waals surface area contributed by atoms with E-state index in [1.165, 1.54) is 47.7 Å². The Labute approximate surface area is 162 Å². The van der Waals surface area contributed by atoms with E-state index < -0.39 is 23.1 Å². The zero-order valence-corrected chi connectivity index (χ0v) is 15.1. The molecule has 0 saturated heterocycles. The van der Waals surface area contributed by atoms with Gasteiger partial charge in [0.25, 0.3) is 5.56 Å². The minimum absolute atomic E-state index is 0.0465. The van der Waals surface area contributed by atoms with Crippen LogP contribution in [0.1, 0.15) is 21.4 Å². The smallest absolute Gasteiger partial charge is 0.271 e. The number of fused-ring (bicyclic) bond motifs is 1. The molecule has 2 heterocycles. The first kappa shape index (κ1) is 17.7. The van der Waals surface area contributed by atoms with Gasteiger partial charge in [-0.3, -0.25) is 9.59 Å². The van der Waals surface area contributed by atoms with Gasteiger partial charge in [0.15, 0.2) is 5.92 Å². The van der Waals surface area contributed by atoms with Crippen molar-refractivity contribution in [1.82, 2.24) is 14.8 Å². The third kappa shape index (κ3) is 3.19. The normalized spacial score (nSPS) is 11.9. The lowest BCUT2D eigenvalue weighted by atomic mass is 10.0. The predicted octanol–water partition coefficient (Wildman–Crippen LogP) is 3.47. The second kappa shape index (κ2) is 7.13. The summed E-state index contributed by atoms with van der Waals surface area (Å²) < 4.78 is 15.0. The molecule has 0 saturated carbocycles. The highest BCUT2D eigenvalue weighted by atomic mass is 32.1. The van der Waals surface area contributed by atoms with Gasteiger partial charge in [-0.05, 0) is 42.5 Å². The minimum Gasteiger partial charge on any atom is -0.290 e. The Hall–Kier alpha value is -3.70. The van der Waals surface area contributed by atoms with Crippen molar-refractivity contribution in [2.75, 3.05) is 0 Å². The minimum atomic E-state index is -1.14. The van der Waals surface area contributed by atoms with Crippen molar-refractivity contribution in [2.24, 2.45) is 0 Å². The van der Waals surface area contributed by atoms with Gasteiger partial charge in [0.1, 0.15) is 16.5 Å². The highest BCUT2D eigenvalue weighted by Crippen LogP contribution is 2.29. The largest absolute Gasteiger partial charge is 0.290 e. The van der Waals surface area contributed by atoms with Crippen LogP contribution >= 0.6 is 11.3 Å². The third-order valence-electron chi connectivity index (χ3n) is 4.07. The van der Waals surface area contributed by atoms with Gasteiger partial charge in [-0.1, -0.05) is 12.1 Å². The Morgan fingerprint density at radius 1 is 1.11 bits per heavy atom. The van der Waals surface area contributed by atoms with E-state index >= 15 is 0 Å². The van der Waals surface area contributed by atoms with E-state index in [0.717, 1.165) is 9.38 Å². The summed E-state index contributed by atoms with van der Waals surface area (Å²) in [5.41, 5.74) is 0.501. The number of carbonyl (C=O) groups is 1. The van der Waals surface area contributed by atoms with Crippen LogP contribution < -0.4 is 5.56 Å². The number of para-hydroxylation sites is 1. The van der Waals surface area contributed by atoms with E-state index in [0.29, 0.717) is 16.2 Å². The van der Waals surface area contributed by atoms with Crippen LogP contribution in [0.25, 0.3) is 15.9 Å². The van der Waals surface area contributed by atoms with Crippen molar-refractivity contribution in [3.05, 3.63) is 87.5 Å². The maximum atomic E-state index is 13.1. The van der Waals surface area contributed by atoms with Crippen molar-refractivity contribution in [3.8, 4) is 11.8 Å². The molecule has 2 aromatic heterocycles. The number of ketones is 1. The molecule has 0 radical (unpaired) electrons. The summed E-state index contributed by atoms with van der Waals surface area (Å²) in [5.74, 6) is -2.15. The van der Waals surface area contributed by atoms with Crippen LogP contribution in [-0.4, -0.2) is 20.5 Å². The average Bonchev–Trinajstić information content (AvgIpc) is 3.13. The van der Waals surface area contributed by atoms with E-state index in [-0.39, 0.29) is 5.69 Å². The van der Waals surface area contributed by atoms with Crippen LogP contribution in [0.5, 0.6) is 0 Å². The summed E-state index contributed by atoms with van der Waals surface area (Å²) in [4.78, 5) is 29.4. The fraction of sp³-hybridized carbons (Fsp3) is 0.0500. The van der Waals surface area contributed by atoms with Gasteiger partial charge in [0.05, 0.1) is 22.0 Å². The monoisotopic (exact) mass is 390 g/mol. The molecule has 0 aliphatic heterocycles. The van der Waals surface area contributed by atoms with Crippen LogP contribution in [0.3, 0.4) is 0 Å². The van der Waals surface area contributed by atoms with Crippen molar-refractivity contribution >= 4 is 27.3 Å². The van der Waals surface area contributed by atoms with Crippen LogP contribution in [0.2, 0.25) is 0 Å². The molecule has 1 atom stereocenters. The number of nitriles is 1. The van der Waals surface area contributed by atoms with Gasteiger partial charge < -0.3 is 0 Å². The standard InChI is InChI=1S/C20H11FN4O2S/c21-12-5-7-13(8-6-12)25-18(26)10-9-16(24-25)19(27)14(11-22)20-23-15-3-1-2-4-17(15)28-20/h1-10,14H/t14-/m1/s1. The number of hydrogen-bond acceptors (Lipinski definition) is 6. The molecule has 0 bridgehead atoms. The number of nitrogens with zero attached hydrogens (tertiary/aromatic N) is 4. The SMILES string of the molecule is N#C[C@H](C(=O)c1ccc(=O)n(-c2ccc(F)cc2)n1)c1nc2ccccc2s1. The van der Waals surface area contributed by atoms with Crippen molar-refractivity contribution in [3.63, 3.8) is 0 Å². The molecule has 4 rings (SSSR count). The van der Waals surface area contributed by atoms with Crippen LogP contribution in [0, 0.1) is 17.1 Å². The second-order valence-corrected chi connectivity index (χ2v) is 6.95. The van der Waals surface area contributed by atoms with Gasteiger partial charge in [0, 0.05) is 6.07 Å². The van der Waals surface area contributed by atoms with Gasteiger partial charge in [-0.2, -0.15) is 15.0 Å². The van der Waals surface area contributed by atoms with Crippen LogP contribution in [0.4, 0.5) is 4.39 Å². The second-order valence-electron chi connectivity index (χ2n) is 5.89. The zero-order chi connectivity index (χ0) is 19.7. The lowest BCUT2D eigenvalue weighted by Crippen LogP contribution is -2.24. The Morgan fingerprint density at radius 3 is 2.57 bits per heavy atom. The molecule has 0 spiro atoms. The topological polar surface area (TPSA) is 88.6 Å². The molecule has 136 valence electrons. The summed E-state index contributed by atoms with van der Waals surface area (Å²) in [6.45, 7) is 0. The molecule has 6 nitrogen and oxygen atoms in total. The summed E-state index contributed by atoms with van der Waals surface area (Å²) in [6.07, 6.45) is 0. The third-order valence-corrected chi connectivity index (χ3v) is 5.17. The average molecular weight is 390 g/mol. The maximum Gasteiger partial charge on any atom is 0.271 e. The summed E-state index contributed by atoms with van der Waals surface area (Å²) in [6, 6.07) is 17.0. The first-order valence-corrected chi connectivity index (χ1v) is 9.04. The molecule has 0 amide bonds. The Kier molecular flexibility index (Phi) is 4.51. The molecular weight excluding hydrogens is 379 g/mol. The van der Waals surface area contributed by atoms with Crippen LogP contribution in [0.15, 0.2) is 65.5 Å². The lowest BCUT2D eigenvalue weighted by molar-refractivity contribution is 0.0972. The number of carbonyl (C=O) groups excluding carboxylic acids is 1. The van der Waals surface area contributed by atoms with Gasteiger partial charge >= 0.3 is 0 Å². The molecule has 8 heteroatoms. The van der Waals surface area contributed by atoms with E-state index in [1.807, 2.05) is 24.3 Å². The Bertz CT molecular complexity index is 1260. The highest BCUT2D eigenvalue weighted by molar-refractivity contribution is 7.18. The predicted molar refractivity (Wildman–Crippen MR) is 102 cm³/mol. The summed E-state index contributed by atoms with van der Waals surface area (Å²) >= 11 is 1.27. The van der Waals surface area contributed by atoms with E-state index in [1.54, 1.807) is 6.07 Å². The fourth-order valence-corrected chi connectivity index (χ4v) is 3.71. The number of thiazole rings is 1. The summed E-state index contributed by atoms with van der Waals surface area (Å²) in [5, 5.41) is 14.0.